The van der Waals surface area contributed by atoms with E-state index >= 15 is 0 Å². The molecule has 0 aliphatic rings. The topological polar surface area (TPSA) is 42.2 Å². The van der Waals surface area contributed by atoms with Gasteiger partial charge in [-0.05, 0) is 19.4 Å². The second-order valence-electron chi connectivity index (χ2n) is 2.99. The zero-order valence-corrected chi connectivity index (χ0v) is 8.33. The van der Waals surface area contributed by atoms with Gasteiger partial charge in [0.2, 0.25) is 0 Å². The number of aryl methyl sites for hydroxylation is 1. The molecule has 1 aromatic heterocycles. The van der Waals surface area contributed by atoms with E-state index in [2.05, 4.69) is 11.2 Å². The highest BCUT2D eigenvalue weighted by Crippen LogP contribution is 2.08. The summed E-state index contributed by atoms with van der Waals surface area (Å²) < 4.78 is 5.02. The van der Waals surface area contributed by atoms with Gasteiger partial charge < -0.3 is 9.73 Å². The maximum absolute atomic E-state index is 11.6. The summed E-state index contributed by atoms with van der Waals surface area (Å²) in [5.74, 6) is 2.93. The molecule has 0 spiro atoms. The van der Waals surface area contributed by atoms with Gasteiger partial charge in [-0.3, -0.25) is 4.79 Å². The minimum atomic E-state index is -0.211. The van der Waals surface area contributed by atoms with Gasteiger partial charge in [0, 0.05) is 0 Å². The van der Waals surface area contributed by atoms with E-state index in [4.69, 9.17) is 10.8 Å². The van der Waals surface area contributed by atoms with Crippen LogP contribution in [0.4, 0.5) is 0 Å². The lowest BCUT2D eigenvalue weighted by atomic mass is 10.2. The zero-order valence-electron chi connectivity index (χ0n) is 8.33. The zero-order chi connectivity index (χ0) is 10.6. The fourth-order valence-corrected chi connectivity index (χ4v) is 1.12. The Morgan fingerprint density at radius 2 is 2.50 bits per heavy atom. The highest BCUT2D eigenvalue weighted by atomic mass is 16.3. The first-order chi connectivity index (χ1) is 6.69. The summed E-state index contributed by atoms with van der Waals surface area (Å²) in [5.41, 5.74) is 0.540. The van der Waals surface area contributed by atoms with Gasteiger partial charge in [0.1, 0.15) is 5.76 Å². The van der Waals surface area contributed by atoms with Crippen molar-refractivity contribution < 1.29 is 9.21 Å². The summed E-state index contributed by atoms with van der Waals surface area (Å²) in [5, 5.41) is 2.72. The normalized spacial score (nSPS) is 11.8. The van der Waals surface area contributed by atoms with E-state index in [0.717, 1.165) is 6.42 Å². The average molecular weight is 191 g/mol. The molecule has 1 heterocycles. The third kappa shape index (κ3) is 2.17. The summed E-state index contributed by atoms with van der Waals surface area (Å²) in [6.07, 6.45) is 7.44. The lowest BCUT2D eigenvalue weighted by Gasteiger charge is -2.09. The number of hydrogen-bond donors (Lipinski definition) is 1. The molecule has 3 heteroatoms. The molecule has 0 aliphatic heterocycles. The molecule has 74 valence electrons. The molecular weight excluding hydrogens is 178 g/mol. The second-order valence-corrected chi connectivity index (χ2v) is 2.99. The quantitative estimate of drug-likeness (QED) is 0.739. The number of carbonyl (C=O) groups excluding carboxylic acids is 1. The van der Waals surface area contributed by atoms with Gasteiger partial charge in [-0.1, -0.05) is 12.8 Å². The van der Waals surface area contributed by atoms with Gasteiger partial charge >= 0.3 is 0 Å². The van der Waals surface area contributed by atoms with Crippen molar-refractivity contribution in [2.45, 2.75) is 26.3 Å². The Hall–Kier alpha value is -1.69. The second kappa shape index (κ2) is 4.52. The fraction of sp³-hybridized carbons (Fsp3) is 0.364. The molecule has 0 bridgehead atoms. The van der Waals surface area contributed by atoms with Crippen molar-refractivity contribution >= 4 is 5.91 Å². The Balaban J connectivity index is 2.69. The first kappa shape index (κ1) is 10.4. The molecule has 3 nitrogen and oxygen atoms in total. The molecule has 1 N–H and O–H groups in total. The van der Waals surface area contributed by atoms with E-state index < -0.39 is 0 Å². The van der Waals surface area contributed by atoms with Gasteiger partial charge in [-0.15, -0.1) is 6.42 Å². The highest BCUT2D eigenvalue weighted by Gasteiger charge is 2.13. The van der Waals surface area contributed by atoms with Crippen LogP contribution in [0.15, 0.2) is 16.7 Å². The van der Waals surface area contributed by atoms with Crippen molar-refractivity contribution in [3.05, 3.63) is 23.7 Å². The molecule has 0 saturated carbocycles. The monoisotopic (exact) mass is 191 g/mol. The number of carbonyl (C=O) groups is 1. The smallest absolute Gasteiger partial charge is 0.255 e. The minimum absolute atomic E-state index is 0.180. The Kier molecular flexibility index (Phi) is 3.35. The molecule has 14 heavy (non-hydrogen) atoms. The standard InChI is InChI=1S/C11H13NO2/c1-4-9(5-2)12-11(13)10-6-7-14-8(10)3/h1,6-7,9H,5H2,2-3H3,(H,12,13). The van der Waals surface area contributed by atoms with Crippen LogP contribution in [0.1, 0.15) is 29.5 Å². The van der Waals surface area contributed by atoms with E-state index in [-0.39, 0.29) is 11.9 Å². The van der Waals surface area contributed by atoms with Crippen molar-refractivity contribution in [1.29, 1.82) is 0 Å². The maximum atomic E-state index is 11.6. The van der Waals surface area contributed by atoms with Crippen LogP contribution in [0.3, 0.4) is 0 Å². The van der Waals surface area contributed by atoms with E-state index in [1.165, 1.54) is 6.26 Å². The van der Waals surface area contributed by atoms with E-state index in [1.54, 1.807) is 13.0 Å². The molecule has 0 aliphatic carbocycles. The predicted octanol–water partition coefficient (Wildman–Crippen LogP) is 1.73. The number of amides is 1. The number of rotatable bonds is 3. The molecule has 0 radical (unpaired) electrons. The summed E-state index contributed by atoms with van der Waals surface area (Å²) in [6, 6.07) is 1.42. The Morgan fingerprint density at radius 3 is 2.93 bits per heavy atom. The van der Waals surface area contributed by atoms with E-state index in [0.29, 0.717) is 11.3 Å². The van der Waals surface area contributed by atoms with Gasteiger partial charge in [0.05, 0.1) is 17.9 Å². The number of terminal acetylenes is 1. The molecule has 1 unspecified atom stereocenters. The lowest BCUT2D eigenvalue weighted by molar-refractivity contribution is 0.0943. The van der Waals surface area contributed by atoms with Crippen LogP contribution in [0, 0.1) is 19.3 Å². The Morgan fingerprint density at radius 1 is 1.79 bits per heavy atom. The Bertz CT molecular complexity index is 360. The summed E-state index contributed by atoms with van der Waals surface area (Å²) in [7, 11) is 0. The number of furan rings is 1. The summed E-state index contributed by atoms with van der Waals surface area (Å²) in [4.78, 5) is 11.6. The highest BCUT2D eigenvalue weighted by molar-refractivity contribution is 5.95. The molecule has 0 saturated heterocycles. The van der Waals surface area contributed by atoms with Crippen LogP contribution in [-0.2, 0) is 0 Å². The maximum Gasteiger partial charge on any atom is 0.255 e. The number of nitrogens with one attached hydrogen (secondary N) is 1. The van der Waals surface area contributed by atoms with Crippen LogP contribution in [0.5, 0.6) is 0 Å². The SMILES string of the molecule is C#CC(CC)NC(=O)c1ccoc1C. The third-order valence-corrected chi connectivity index (χ3v) is 2.02. The minimum Gasteiger partial charge on any atom is -0.469 e. The molecule has 0 fully saturated rings. The van der Waals surface area contributed by atoms with Crippen molar-refractivity contribution in [3.8, 4) is 12.3 Å². The van der Waals surface area contributed by atoms with Crippen molar-refractivity contribution in [3.63, 3.8) is 0 Å². The van der Waals surface area contributed by atoms with E-state index in [9.17, 15) is 4.79 Å². The molecule has 1 amide bonds. The van der Waals surface area contributed by atoms with Gasteiger partial charge in [0.15, 0.2) is 0 Å². The number of hydrogen-bond acceptors (Lipinski definition) is 2. The van der Waals surface area contributed by atoms with Gasteiger partial charge in [-0.25, -0.2) is 0 Å². The summed E-state index contributed by atoms with van der Waals surface area (Å²) in [6.45, 7) is 3.67. The van der Waals surface area contributed by atoms with Crippen molar-refractivity contribution in [2.75, 3.05) is 0 Å². The van der Waals surface area contributed by atoms with Crippen LogP contribution >= 0.6 is 0 Å². The average Bonchev–Trinajstić information content (AvgIpc) is 2.60. The van der Waals surface area contributed by atoms with E-state index in [1.807, 2.05) is 6.92 Å². The molecular formula is C11H13NO2. The lowest BCUT2D eigenvalue weighted by Crippen LogP contribution is -2.33. The van der Waals surface area contributed by atoms with Crippen LogP contribution < -0.4 is 5.32 Å². The first-order valence-corrected chi connectivity index (χ1v) is 4.50. The molecule has 1 rings (SSSR count). The van der Waals surface area contributed by atoms with Gasteiger partial charge in [-0.2, -0.15) is 0 Å². The van der Waals surface area contributed by atoms with Crippen LogP contribution in [0.2, 0.25) is 0 Å². The van der Waals surface area contributed by atoms with Crippen molar-refractivity contribution in [1.82, 2.24) is 5.32 Å². The molecule has 0 aromatic carbocycles. The van der Waals surface area contributed by atoms with Crippen molar-refractivity contribution in [2.24, 2.45) is 0 Å². The summed E-state index contributed by atoms with van der Waals surface area (Å²) >= 11 is 0. The fourth-order valence-electron chi connectivity index (χ4n) is 1.12. The van der Waals surface area contributed by atoms with Crippen LogP contribution in [-0.4, -0.2) is 11.9 Å². The predicted molar refractivity (Wildman–Crippen MR) is 53.8 cm³/mol. The molecule has 1 aromatic rings. The van der Waals surface area contributed by atoms with Gasteiger partial charge in [0.25, 0.3) is 5.91 Å². The largest absolute Gasteiger partial charge is 0.469 e. The first-order valence-electron chi connectivity index (χ1n) is 4.50. The molecule has 1 atom stereocenters. The Labute approximate surface area is 83.5 Å². The third-order valence-electron chi connectivity index (χ3n) is 2.02. The van der Waals surface area contributed by atoms with Crippen LogP contribution in [0.25, 0.3) is 0 Å².